The molecule has 0 aromatic carbocycles. The summed E-state index contributed by atoms with van der Waals surface area (Å²) in [5.74, 6) is -0.607. The molecule has 0 saturated heterocycles. The van der Waals surface area contributed by atoms with Gasteiger partial charge in [0.25, 0.3) is 6.43 Å². The first-order valence-corrected chi connectivity index (χ1v) is 5.51. The minimum atomic E-state index is -2.80. The molecule has 4 nitrogen and oxygen atoms in total. The van der Waals surface area contributed by atoms with E-state index in [1.807, 2.05) is 0 Å². The lowest BCUT2D eigenvalue weighted by atomic mass is 10.0. The van der Waals surface area contributed by atoms with Crippen molar-refractivity contribution in [2.75, 3.05) is 7.11 Å². The molecule has 17 heavy (non-hydrogen) atoms. The number of carbonyl (C=O) groups excluding carboxylic acids is 1. The predicted molar refractivity (Wildman–Crippen MR) is 62.3 cm³/mol. The van der Waals surface area contributed by atoms with Crippen LogP contribution in [0.3, 0.4) is 0 Å². The van der Waals surface area contributed by atoms with Crippen molar-refractivity contribution in [3.63, 3.8) is 0 Å². The van der Waals surface area contributed by atoms with Crippen LogP contribution >= 0.6 is 22.6 Å². The van der Waals surface area contributed by atoms with E-state index in [1.165, 1.54) is 13.3 Å². The van der Waals surface area contributed by atoms with Gasteiger partial charge in [-0.25, -0.2) is 13.8 Å². The van der Waals surface area contributed by atoms with Gasteiger partial charge in [-0.2, -0.15) is 5.26 Å². The van der Waals surface area contributed by atoms with Crippen LogP contribution in [0.4, 0.5) is 8.78 Å². The molecule has 0 aliphatic carbocycles. The third kappa shape index (κ3) is 3.09. The van der Waals surface area contributed by atoms with Crippen molar-refractivity contribution >= 4 is 28.6 Å². The smallest absolute Gasteiger partial charge is 0.310 e. The highest BCUT2D eigenvalue weighted by Gasteiger charge is 2.22. The molecule has 0 atom stereocenters. The molecule has 0 saturated carbocycles. The zero-order chi connectivity index (χ0) is 13.0. The number of carbonyl (C=O) groups is 1. The summed E-state index contributed by atoms with van der Waals surface area (Å²) in [6, 6.07) is 1.68. The van der Waals surface area contributed by atoms with E-state index < -0.39 is 18.0 Å². The fourth-order valence-electron chi connectivity index (χ4n) is 1.24. The number of aromatic nitrogens is 1. The Morgan fingerprint density at radius 3 is 2.82 bits per heavy atom. The first-order valence-electron chi connectivity index (χ1n) is 4.43. The van der Waals surface area contributed by atoms with Crippen LogP contribution in [0.15, 0.2) is 6.20 Å². The van der Waals surface area contributed by atoms with E-state index in [-0.39, 0.29) is 21.2 Å². The van der Waals surface area contributed by atoms with Crippen LogP contribution in [0.2, 0.25) is 0 Å². The molecule has 0 bridgehead atoms. The fraction of sp³-hybridized carbons (Fsp3) is 0.300. The molecule has 7 heteroatoms. The normalized spacial score (nSPS) is 10.1. The van der Waals surface area contributed by atoms with Crippen molar-refractivity contribution in [1.29, 1.82) is 5.26 Å². The third-order valence-corrected chi connectivity index (χ3v) is 2.90. The molecule has 0 radical (unpaired) electrons. The van der Waals surface area contributed by atoms with Gasteiger partial charge < -0.3 is 4.74 Å². The summed E-state index contributed by atoms with van der Waals surface area (Å²) in [6.45, 7) is 0. The van der Waals surface area contributed by atoms with Crippen molar-refractivity contribution < 1.29 is 18.3 Å². The Balaban J connectivity index is 3.29. The second-order valence-electron chi connectivity index (χ2n) is 3.03. The lowest BCUT2D eigenvalue weighted by Gasteiger charge is -2.09. The number of hydrogen-bond donors (Lipinski definition) is 0. The van der Waals surface area contributed by atoms with Crippen LogP contribution in [0.1, 0.15) is 23.1 Å². The van der Waals surface area contributed by atoms with Crippen LogP contribution in [-0.4, -0.2) is 18.1 Å². The second-order valence-corrected chi connectivity index (χ2v) is 4.05. The largest absolute Gasteiger partial charge is 0.469 e. The monoisotopic (exact) mass is 352 g/mol. The number of nitriles is 1. The van der Waals surface area contributed by atoms with Gasteiger partial charge in [0.1, 0.15) is 9.77 Å². The Morgan fingerprint density at radius 2 is 2.35 bits per heavy atom. The van der Waals surface area contributed by atoms with Gasteiger partial charge in [-0.1, -0.05) is 0 Å². The van der Waals surface area contributed by atoms with Gasteiger partial charge in [0.05, 0.1) is 24.7 Å². The maximum absolute atomic E-state index is 12.8. The molecule has 0 fully saturated rings. The van der Waals surface area contributed by atoms with Gasteiger partial charge in [-0.3, -0.25) is 4.79 Å². The molecule has 0 amide bonds. The number of methoxy groups -OCH3 is 1. The fourth-order valence-corrected chi connectivity index (χ4v) is 1.88. The van der Waals surface area contributed by atoms with Crippen LogP contribution < -0.4 is 0 Å². The SMILES string of the molecule is COC(=O)Cc1cnc(I)c(C(F)F)c1C#N. The zero-order valence-corrected chi connectivity index (χ0v) is 10.9. The van der Waals surface area contributed by atoms with Crippen molar-refractivity contribution in [2.24, 2.45) is 0 Å². The number of halogens is 3. The topological polar surface area (TPSA) is 63.0 Å². The van der Waals surface area contributed by atoms with E-state index in [4.69, 9.17) is 5.26 Å². The number of esters is 1. The lowest BCUT2D eigenvalue weighted by Crippen LogP contribution is -2.09. The summed E-state index contributed by atoms with van der Waals surface area (Å²) in [5.41, 5.74) is -0.491. The number of rotatable bonds is 3. The molecule has 1 heterocycles. The molecule has 0 aliphatic rings. The highest BCUT2D eigenvalue weighted by Crippen LogP contribution is 2.28. The molecule has 0 spiro atoms. The summed E-state index contributed by atoms with van der Waals surface area (Å²) in [4.78, 5) is 14.8. The average molecular weight is 352 g/mol. The molecule has 1 aromatic heterocycles. The molecular formula is C10H7F2IN2O2. The van der Waals surface area contributed by atoms with Gasteiger partial charge in [0, 0.05) is 6.20 Å². The second kappa shape index (κ2) is 5.86. The molecule has 0 unspecified atom stereocenters. The first-order chi connectivity index (χ1) is 8.01. The van der Waals surface area contributed by atoms with E-state index in [1.54, 1.807) is 28.7 Å². The summed E-state index contributed by atoms with van der Waals surface area (Å²) < 4.78 is 30.0. The molecule has 0 N–H and O–H groups in total. The third-order valence-electron chi connectivity index (χ3n) is 2.04. The first kappa shape index (κ1) is 13.8. The summed E-state index contributed by atoms with van der Waals surface area (Å²) in [6.07, 6.45) is -1.81. The summed E-state index contributed by atoms with van der Waals surface area (Å²) >= 11 is 1.63. The van der Waals surface area contributed by atoms with Crippen molar-refractivity contribution in [3.8, 4) is 6.07 Å². The Morgan fingerprint density at radius 1 is 1.71 bits per heavy atom. The molecule has 1 rings (SSSR count). The molecule has 90 valence electrons. The minimum Gasteiger partial charge on any atom is -0.469 e. The quantitative estimate of drug-likeness (QED) is 0.475. The Kier molecular flexibility index (Phi) is 4.74. The Hall–Kier alpha value is -1.30. The van der Waals surface area contributed by atoms with E-state index >= 15 is 0 Å². The predicted octanol–water partition coefficient (Wildman–Crippen LogP) is 2.21. The van der Waals surface area contributed by atoms with Crippen molar-refractivity contribution in [3.05, 3.63) is 26.6 Å². The van der Waals surface area contributed by atoms with Gasteiger partial charge in [-0.15, -0.1) is 0 Å². The van der Waals surface area contributed by atoms with Crippen LogP contribution in [0.5, 0.6) is 0 Å². The van der Waals surface area contributed by atoms with Crippen LogP contribution in [0, 0.1) is 15.0 Å². The number of pyridine rings is 1. The van der Waals surface area contributed by atoms with Crippen molar-refractivity contribution in [2.45, 2.75) is 12.8 Å². The van der Waals surface area contributed by atoms with E-state index in [0.29, 0.717) is 0 Å². The minimum absolute atomic E-state index is 0.0581. The lowest BCUT2D eigenvalue weighted by molar-refractivity contribution is -0.139. The number of hydrogen-bond acceptors (Lipinski definition) is 4. The summed E-state index contributed by atoms with van der Waals surface area (Å²) in [5, 5.41) is 8.89. The van der Waals surface area contributed by atoms with Crippen molar-refractivity contribution in [1.82, 2.24) is 4.98 Å². The van der Waals surface area contributed by atoms with Gasteiger partial charge in [-0.05, 0) is 28.2 Å². The maximum Gasteiger partial charge on any atom is 0.310 e. The molecule has 0 aliphatic heterocycles. The highest BCUT2D eigenvalue weighted by atomic mass is 127. The van der Waals surface area contributed by atoms with Gasteiger partial charge in [0.15, 0.2) is 0 Å². The van der Waals surface area contributed by atoms with E-state index in [0.717, 1.165) is 0 Å². The van der Waals surface area contributed by atoms with Gasteiger partial charge in [0.2, 0.25) is 0 Å². The number of alkyl halides is 2. The molecular weight excluding hydrogens is 345 g/mol. The highest BCUT2D eigenvalue weighted by molar-refractivity contribution is 14.1. The van der Waals surface area contributed by atoms with E-state index in [9.17, 15) is 13.6 Å². The summed E-state index contributed by atoms with van der Waals surface area (Å²) in [7, 11) is 1.18. The molecule has 1 aromatic rings. The maximum atomic E-state index is 12.8. The number of nitrogens with zero attached hydrogens (tertiary/aromatic N) is 2. The van der Waals surface area contributed by atoms with Crippen LogP contribution in [-0.2, 0) is 16.0 Å². The van der Waals surface area contributed by atoms with Gasteiger partial charge >= 0.3 is 5.97 Å². The van der Waals surface area contributed by atoms with Crippen LogP contribution in [0.25, 0.3) is 0 Å². The average Bonchev–Trinajstić information content (AvgIpc) is 2.30. The van der Waals surface area contributed by atoms with E-state index in [2.05, 4.69) is 9.72 Å². The Bertz CT molecular complexity index is 486. The standard InChI is InChI=1S/C10H7F2IN2O2/c1-17-7(16)2-5-4-15-10(13)8(9(11)12)6(5)3-14/h4,9H,2H2,1H3. The number of ether oxygens (including phenoxy) is 1. The zero-order valence-electron chi connectivity index (χ0n) is 8.71. The Labute approximate surface area is 110 Å².